The zero-order valence-electron chi connectivity index (χ0n) is 18.2. The molecule has 2 aromatic carbocycles. The van der Waals surface area contributed by atoms with Crippen molar-refractivity contribution in [1.29, 1.82) is 0 Å². The average molecular weight is 422 g/mol. The van der Waals surface area contributed by atoms with Crippen molar-refractivity contribution in [3.05, 3.63) is 112 Å². The monoisotopic (exact) mass is 421 g/mol. The van der Waals surface area contributed by atoms with Gasteiger partial charge in [-0.25, -0.2) is 4.99 Å². The Labute approximate surface area is 186 Å². The molecule has 0 aliphatic carbocycles. The Hall–Kier alpha value is -4.12. The number of ether oxygens (including phenoxy) is 1. The van der Waals surface area contributed by atoms with E-state index in [1.807, 2.05) is 79.7 Å². The van der Waals surface area contributed by atoms with E-state index in [-0.39, 0.29) is 5.91 Å². The van der Waals surface area contributed by atoms with Gasteiger partial charge in [0.15, 0.2) is 0 Å². The number of H-pyrrole nitrogens is 1. The third-order valence-electron chi connectivity index (χ3n) is 5.65. The number of nitrogens with one attached hydrogen (secondary N) is 1. The highest BCUT2D eigenvalue weighted by molar-refractivity contribution is 6.17. The molecular formula is C27H23N3O2. The van der Waals surface area contributed by atoms with E-state index in [4.69, 9.17) is 9.73 Å². The van der Waals surface area contributed by atoms with Gasteiger partial charge in [-0.2, -0.15) is 0 Å². The van der Waals surface area contributed by atoms with Crippen LogP contribution in [0.5, 0.6) is 0 Å². The van der Waals surface area contributed by atoms with Gasteiger partial charge in [0.05, 0.1) is 24.0 Å². The Balaban J connectivity index is 1.67. The highest BCUT2D eigenvalue weighted by Gasteiger charge is 2.24. The van der Waals surface area contributed by atoms with Gasteiger partial charge < -0.3 is 9.72 Å². The Morgan fingerprint density at radius 1 is 1.03 bits per heavy atom. The number of hydrogen-bond acceptors (Lipinski definition) is 3. The lowest BCUT2D eigenvalue weighted by Crippen LogP contribution is -2.17. The maximum absolute atomic E-state index is 13.5. The minimum absolute atomic E-state index is 0.0925. The van der Waals surface area contributed by atoms with E-state index in [0.717, 1.165) is 39.2 Å². The molecule has 1 aliphatic rings. The van der Waals surface area contributed by atoms with Crippen molar-refractivity contribution in [2.24, 2.45) is 4.99 Å². The molecule has 0 unspecified atom stereocenters. The van der Waals surface area contributed by atoms with Gasteiger partial charge in [-0.3, -0.25) is 9.36 Å². The summed E-state index contributed by atoms with van der Waals surface area (Å²) in [5.74, 6) is 0.570. The lowest BCUT2D eigenvalue weighted by molar-refractivity contribution is 0.0964. The second-order valence-corrected chi connectivity index (χ2v) is 7.88. The summed E-state index contributed by atoms with van der Waals surface area (Å²) in [5.41, 5.74) is 6.84. The first-order chi connectivity index (χ1) is 15.5. The summed E-state index contributed by atoms with van der Waals surface area (Å²) in [6.07, 6.45) is 3.87. The van der Waals surface area contributed by atoms with E-state index < -0.39 is 0 Å². The summed E-state index contributed by atoms with van der Waals surface area (Å²) in [4.78, 5) is 21.7. The third-order valence-corrected chi connectivity index (χ3v) is 5.65. The van der Waals surface area contributed by atoms with Crippen molar-refractivity contribution in [2.75, 3.05) is 7.11 Å². The minimum atomic E-state index is -0.0925. The molecule has 0 atom stereocenters. The maximum atomic E-state index is 13.5. The number of aromatic nitrogens is 2. The van der Waals surface area contributed by atoms with Crippen molar-refractivity contribution in [2.45, 2.75) is 13.8 Å². The first-order valence-corrected chi connectivity index (χ1v) is 10.5. The Bertz CT molecular complexity index is 1430. The van der Waals surface area contributed by atoms with Crippen LogP contribution in [0.1, 0.15) is 33.0 Å². The molecule has 1 aliphatic heterocycles. The summed E-state index contributed by atoms with van der Waals surface area (Å²) < 4.78 is 7.36. The van der Waals surface area contributed by atoms with Crippen molar-refractivity contribution >= 4 is 28.6 Å². The molecule has 0 radical (unpaired) electrons. The van der Waals surface area contributed by atoms with Crippen LogP contribution >= 0.6 is 0 Å². The normalized spacial score (nSPS) is 14.7. The number of benzene rings is 2. The fourth-order valence-corrected chi connectivity index (χ4v) is 4.12. The SMILES string of the molecule is COC1=CC(c2cc3ccccc3n2C(=O)c2ccccc2)=N/C1=C\c1[nH]c(C)cc1C. The molecule has 5 rings (SSSR count). The molecule has 2 aromatic heterocycles. The van der Waals surface area contributed by atoms with Gasteiger partial charge >= 0.3 is 0 Å². The van der Waals surface area contributed by atoms with Gasteiger partial charge in [0.25, 0.3) is 5.91 Å². The highest BCUT2D eigenvalue weighted by Crippen LogP contribution is 2.29. The number of methoxy groups -OCH3 is 1. The quantitative estimate of drug-likeness (QED) is 0.463. The molecule has 0 saturated heterocycles. The molecule has 158 valence electrons. The molecule has 0 fully saturated rings. The molecule has 1 N–H and O–H groups in total. The fourth-order valence-electron chi connectivity index (χ4n) is 4.12. The summed E-state index contributed by atoms with van der Waals surface area (Å²) in [7, 11) is 1.63. The van der Waals surface area contributed by atoms with Crippen molar-refractivity contribution < 1.29 is 9.53 Å². The zero-order chi connectivity index (χ0) is 22.2. The molecule has 32 heavy (non-hydrogen) atoms. The molecule has 0 spiro atoms. The maximum Gasteiger partial charge on any atom is 0.262 e. The molecule has 4 aromatic rings. The van der Waals surface area contributed by atoms with Crippen LogP contribution in [0, 0.1) is 13.8 Å². The Morgan fingerprint density at radius 2 is 1.78 bits per heavy atom. The van der Waals surface area contributed by atoms with Crippen LogP contribution < -0.4 is 0 Å². The number of fused-ring (bicyclic) bond motifs is 1. The first kappa shape index (κ1) is 19.8. The third kappa shape index (κ3) is 3.38. The average Bonchev–Trinajstić information content (AvgIpc) is 3.48. The van der Waals surface area contributed by atoms with E-state index >= 15 is 0 Å². The molecule has 5 heteroatoms. The zero-order valence-corrected chi connectivity index (χ0v) is 18.2. The van der Waals surface area contributed by atoms with E-state index in [1.165, 1.54) is 0 Å². The second kappa shape index (κ2) is 7.85. The summed E-state index contributed by atoms with van der Waals surface area (Å²) >= 11 is 0. The van der Waals surface area contributed by atoms with Gasteiger partial charge in [0.1, 0.15) is 11.5 Å². The number of para-hydroxylation sites is 1. The van der Waals surface area contributed by atoms with Crippen molar-refractivity contribution in [3.63, 3.8) is 0 Å². The lowest BCUT2D eigenvalue weighted by Gasteiger charge is -2.09. The minimum Gasteiger partial charge on any atom is -0.494 e. The van der Waals surface area contributed by atoms with Crippen molar-refractivity contribution in [3.8, 4) is 0 Å². The molecular weight excluding hydrogens is 398 g/mol. The summed E-state index contributed by atoms with van der Waals surface area (Å²) in [6.45, 7) is 4.08. The van der Waals surface area contributed by atoms with Crippen LogP contribution in [0.15, 0.2) is 89.3 Å². The van der Waals surface area contributed by atoms with Gasteiger partial charge in [-0.1, -0.05) is 36.4 Å². The lowest BCUT2D eigenvalue weighted by atomic mass is 10.2. The number of nitrogens with zero attached hydrogens (tertiary/aromatic N) is 2. The van der Waals surface area contributed by atoms with Crippen molar-refractivity contribution in [1.82, 2.24) is 9.55 Å². The Morgan fingerprint density at radius 3 is 2.50 bits per heavy atom. The number of aryl methyl sites for hydroxylation is 2. The molecule has 3 heterocycles. The number of aromatic amines is 1. The van der Waals surface area contributed by atoms with Gasteiger partial charge in [0.2, 0.25) is 0 Å². The van der Waals surface area contributed by atoms with E-state index in [9.17, 15) is 4.79 Å². The van der Waals surface area contributed by atoms with Crippen LogP contribution in [0.3, 0.4) is 0 Å². The number of carbonyl (C=O) groups is 1. The van der Waals surface area contributed by atoms with Crippen LogP contribution in [0.4, 0.5) is 0 Å². The van der Waals surface area contributed by atoms with E-state index in [1.54, 1.807) is 11.7 Å². The van der Waals surface area contributed by atoms with E-state index in [0.29, 0.717) is 17.0 Å². The number of aliphatic imine (C=N–C) groups is 1. The number of allylic oxidation sites excluding steroid dienone is 1. The number of carbonyl (C=O) groups excluding carboxylic acids is 1. The topological polar surface area (TPSA) is 59.4 Å². The first-order valence-electron chi connectivity index (χ1n) is 10.5. The summed E-state index contributed by atoms with van der Waals surface area (Å²) in [6, 6.07) is 21.3. The van der Waals surface area contributed by atoms with Crippen LogP contribution in [-0.2, 0) is 4.74 Å². The Kier molecular flexibility index (Phi) is 4.86. The highest BCUT2D eigenvalue weighted by atomic mass is 16.5. The van der Waals surface area contributed by atoms with Gasteiger partial charge in [0, 0.05) is 28.4 Å². The predicted molar refractivity (Wildman–Crippen MR) is 128 cm³/mol. The molecule has 5 nitrogen and oxygen atoms in total. The van der Waals surface area contributed by atoms with Crippen LogP contribution in [0.2, 0.25) is 0 Å². The van der Waals surface area contributed by atoms with Gasteiger partial charge in [-0.05, 0) is 55.8 Å². The summed E-state index contributed by atoms with van der Waals surface area (Å²) in [5, 5.41) is 0.982. The predicted octanol–water partition coefficient (Wildman–Crippen LogP) is 5.65. The molecule has 0 amide bonds. The number of hydrogen-bond donors (Lipinski definition) is 1. The smallest absolute Gasteiger partial charge is 0.262 e. The van der Waals surface area contributed by atoms with E-state index in [2.05, 4.69) is 18.0 Å². The molecule has 0 saturated carbocycles. The largest absolute Gasteiger partial charge is 0.494 e. The van der Waals surface area contributed by atoms with Gasteiger partial charge in [-0.15, -0.1) is 0 Å². The second-order valence-electron chi connectivity index (χ2n) is 7.88. The fraction of sp³-hybridized carbons (Fsp3) is 0.111. The standard InChI is InChI=1S/C27H23N3O2/c1-17-13-18(2)28-21(17)15-23-26(32-3)16-22(29-23)25-14-20-11-7-8-12-24(20)30(25)27(31)19-9-5-4-6-10-19/h4-16,28H,1-3H3/b23-15-. The number of rotatable bonds is 4. The van der Waals surface area contributed by atoms with Crippen LogP contribution in [-0.4, -0.2) is 28.3 Å². The molecule has 0 bridgehead atoms. The van der Waals surface area contributed by atoms with Crippen LogP contribution in [0.25, 0.3) is 17.0 Å².